The van der Waals surface area contributed by atoms with Gasteiger partial charge in [-0.05, 0) is 18.1 Å². The number of ketones is 1. The fourth-order valence-electron chi connectivity index (χ4n) is 2.48. The third-order valence-corrected chi connectivity index (χ3v) is 3.45. The average Bonchev–Trinajstić information content (AvgIpc) is 2.34. The normalized spacial score (nSPS) is 17.1. The number of rotatable bonds is 3. The highest BCUT2D eigenvalue weighted by atomic mass is 19.2. The molecule has 0 radical (unpaired) electrons. The van der Waals surface area contributed by atoms with Gasteiger partial charge in [-0.3, -0.25) is 4.79 Å². The summed E-state index contributed by atoms with van der Waals surface area (Å²) in [6, 6.07) is 3.78. The summed E-state index contributed by atoms with van der Waals surface area (Å²) in [7, 11) is 0. The van der Waals surface area contributed by atoms with E-state index in [2.05, 4.69) is 0 Å². The van der Waals surface area contributed by atoms with Crippen LogP contribution < -0.4 is 0 Å². The lowest BCUT2D eigenvalue weighted by molar-refractivity contribution is 0.0945. The van der Waals surface area contributed by atoms with Crippen LogP contribution in [-0.4, -0.2) is 5.78 Å². The maximum atomic E-state index is 13.4. The van der Waals surface area contributed by atoms with Gasteiger partial charge >= 0.3 is 0 Å². The van der Waals surface area contributed by atoms with Crippen LogP contribution in [0.3, 0.4) is 0 Å². The van der Waals surface area contributed by atoms with Crippen molar-refractivity contribution < 1.29 is 13.6 Å². The van der Waals surface area contributed by atoms with Crippen molar-refractivity contribution in [2.75, 3.05) is 0 Å². The van der Waals surface area contributed by atoms with E-state index in [1.807, 2.05) is 0 Å². The molecule has 1 aromatic rings. The Balaban J connectivity index is 2.06. The van der Waals surface area contributed by atoms with Gasteiger partial charge in [0.1, 0.15) is 0 Å². The molecule has 0 bridgehead atoms. The van der Waals surface area contributed by atoms with Crippen LogP contribution in [0, 0.1) is 17.6 Å². The van der Waals surface area contributed by atoms with Gasteiger partial charge in [0, 0.05) is 6.42 Å². The minimum Gasteiger partial charge on any atom is -0.294 e. The van der Waals surface area contributed by atoms with Crippen molar-refractivity contribution in [2.45, 2.75) is 38.5 Å². The van der Waals surface area contributed by atoms with Crippen LogP contribution in [0.25, 0.3) is 0 Å². The van der Waals surface area contributed by atoms with Crippen molar-refractivity contribution in [3.8, 4) is 0 Å². The van der Waals surface area contributed by atoms with E-state index in [0.717, 1.165) is 31.7 Å². The van der Waals surface area contributed by atoms with Crippen molar-refractivity contribution in [3.05, 3.63) is 35.4 Å². The smallest absolute Gasteiger partial charge is 0.169 e. The highest BCUT2D eigenvalue weighted by Gasteiger charge is 2.21. The van der Waals surface area contributed by atoms with Gasteiger partial charge in [0.15, 0.2) is 17.4 Å². The molecule has 0 unspecified atom stereocenters. The number of Topliss-reactive ketones (excluding diaryl/α,β-unsaturated/α-hetero) is 1. The lowest BCUT2D eigenvalue weighted by Gasteiger charge is -2.20. The Labute approximate surface area is 99.8 Å². The number of carbonyl (C=O) groups excluding carboxylic acids is 1. The number of carbonyl (C=O) groups is 1. The van der Waals surface area contributed by atoms with Crippen molar-refractivity contribution >= 4 is 5.78 Å². The standard InChI is InChI=1S/C14H16F2O/c15-12-8-4-7-11(14(12)16)13(17)9-10-5-2-1-3-6-10/h4,7-8,10H,1-3,5-6,9H2. The molecule has 1 fully saturated rings. The first-order chi connectivity index (χ1) is 8.18. The predicted molar refractivity (Wildman–Crippen MR) is 61.9 cm³/mol. The molecule has 92 valence electrons. The summed E-state index contributed by atoms with van der Waals surface area (Å²) in [5, 5.41) is 0. The van der Waals surface area contributed by atoms with E-state index < -0.39 is 11.6 Å². The van der Waals surface area contributed by atoms with Crippen LogP contribution in [0.2, 0.25) is 0 Å². The second kappa shape index (κ2) is 5.39. The molecule has 0 amide bonds. The van der Waals surface area contributed by atoms with E-state index in [1.54, 1.807) is 0 Å². The summed E-state index contributed by atoms with van der Waals surface area (Å²) in [4.78, 5) is 11.9. The Hall–Kier alpha value is -1.25. The van der Waals surface area contributed by atoms with E-state index in [0.29, 0.717) is 12.3 Å². The Morgan fingerprint density at radius 2 is 1.88 bits per heavy atom. The highest BCUT2D eigenvalue weighted by molar-refractivity contribution is 5.96. The van der Waals surface area contributed by atoms with Gasteiger partial charge in [-0.25, -0.2) is 8.78 Å². The molecular weight excluding hydrogens is 222 g/mol. The van der Waals surface area contributed by atoms with Gasteiger partial charge in [0.2, 0.25) is 0 Å². The predicted octanol–water partition coefficient (Wildman–Crippen LogP) is 4.12. The van der Waals surface area contributed by atoms with E-state index in [9.17, 15) is 13.6 Å². The van der Waals surface area contributed by atoms with E-state index >= 15 is 0 Å². The third-order valence-electron chi connectivity index (χ3n) is 3.45. The summed E-state index contributed by atoms with van der Waals surface area (Å²) in [5.41, 5.74) is -0.101. The minimum absolute atomic E-state index is 0.101. The molecule has 0 spiro atoms. The Morgan fingerprint density at radius 3 is 2.59 bits per heavy atom. The van der Waals surface area contributed by atoms with Crippen LogP contribution in [0.1, 0.15) is 48.9 Å². The van der Waals surface area contributed by atoms with Crippen LogP contribution in [-0.2, 0) is 0 Å². The molecule has 3 heteroatoms. The molecule has 0 heterocycles. The maximum absolute atomic E-state index is 13.4. The number of hydrogen-bond donors (Lipinski definition) is 0. The lowest BCUT2D eigenvalue weighted by atomic mass is 9.85. The zero-order chi connectivity index (χ0) is 12.3. The van der Waals surface area contributed by atoms with Gasteiger partial charge in [-0.2, -0.15) is 0 Å². The van der Waals surface area contributed by atoms with Gasteiger partial charge in [-0.15, -0.1) is 0 Å². The van der Waals surface area contributed by atoms with E-state index in [-0.39, 0.29) is 11.3 Å². The highest BCUT2D eigenvalue weighted by Crippen LogP contribution is 2.28. The molecule has 1 aliphatic carbocycles. The Kier molecular flexibility index (Phi) is 3.87. The molecule has 1 nitrogen and oxygen atoms in total. The largest absolute Gasteiger partial charge is 0.294 e. The molecule has 2 rings (SSSR count). The molecule has 0 saturated heterocycles. The molecule has 0 aromatic heterocycles. The van der Waals surface area contributed by atoms with Gasteiger partial charge in [0.05, 0.1) is 5.56 Å². The van der Waals surface area contributed by atoms with Crippen LogP contribution in [0.4, 0.5) is 8.78 Å². The molecule has 17 heavy (non-hydrogen) atoms. The average molecular weight is 238 g/mol. The second-order valence-electron chi connectivity index (χ2n) is 4.73. The molecule has 1 saturated carbocycles. The SMILES string of the molecule is O=C(CC1CCCCC1)c1cccc(F)c1F. The van der Waals surface area contributed by atoms with Crippen molar-refractivity contribution in [1.82, 2.24) is 0 Å². The van der Waals surface area contributed by atoms with Crippen LogP contribution in [0.5, 0.6) is 0 Å². The lowest BCUT2D eigenvalue weighted by Crippen LogP contribution is -2.13. The summed E-state index contributed by atoms with van der Waals surface area (Å²) in [6.07, 6.45) is 5.91. The fourth-order valence-corrected chi connectivity index (χ4v) is 2.48. The topological polar surface area (TPSA) is 17.1 Å². The Bertz CT molecular complexity index is 409. The summed E-state index contributed by atoms with van der Waals surface area (Å²) >= 11 is 0. The van der Waals surface area contributed by atoms with Crippen LogP contribution >= 0.6 is 0 Å². The third kappa shape index (κ3) is 2.90. The Morgan fingerprint density at radius 1 is 1.18 bits per heavy atom. The first kappa shape index (κ1) is 12.2. The zero-order valence-electron chi connectivity index (χ0n) is 9.72. The van der Waals surface area contributed by atoms with Crippen molar-refractivity contribution in [3.63, 3.8) is 0 Å². The minimum atomic E-state index is -1.01. The van der Waals surface area contributed by atoms with Crippen molar-refractivity contribution in [2.24, 2.45) is 5.92 Å². The summed E-state index contributed by atoms with van der Waals surface area (Å²) < 4.78 is 26.4. The fraction of sp³-hybridized carbons (Fsp3) is 0.500. The summed E-state index contributed by atoms with van der Waals surface area (Å²) in [6.45, 7) is 0. The van der Waals surface area contributed by atoms with E-state index in [4.69, 9.17) is 0 Å². The number of halogens is 2. The van der Waals surface area contributed by atoms with Gasteiger partial charge in [0.25, 0.3) is 0 Å². The van der Waals surface area contributed by atoms with E-state index in [1.165, 1.54) is 18.6 Å². The maximum Gasteiger partial charge on any atom is 0.169 e. The molecule has 0 atom stereocenters. The quantitative estimate of drug-likeness (QED) is 0.724. The van der Waals surface area contributed by atoms with Crippen LogP contribution in [0.15, 0.2) is 18.2 Å². The molecule has 0 aliphatic heterocycles. The molecule has 1 aromatic carbocycles. The molecule has 0 N–H and O–H groups in total. The monoisotopic (exact) mass is 238 g/mol. The molecular formula is C14H16F2O. The second-order valence-corrected chi connectivity index (χ2v) is 4.73. The number of benzene rings is 1. The first-order valence-corrected chi connectivity index (χ1v) is 6.15. The zero-order valence-corrected chi connectivity index (χ0v) is 9.72. The summed E-state index contributed by atoms with van der Waals surface area (Å²) in [5.74, 6) is -1.87. The number of hydrogen-bond acceptors (Lipinski definition) is 1. The molecule has 1 aliphatic rings. The van der Waals surface area contributed by atoms with Gasteiger partial charge < -0.3 is 0 Å². The van der Waals surface area contributed by atoms with Gasteiger partial charge in [-0.1, -0.05) is 38.2 Å². The first-order valence-electron chi connectivity index (χ1n) is 6.15. The van der Waals surface area contributed by atoms with Crippen molar-refractivity contribution in [1.29, 1.82) is 0 Å².